The molecule has 0 aliphatic heterocycles. The van der Waals surface area contributed by atoms with Crippen LogP contribution in [0.15, 0.2) is 64.6 Å². The van der Waals surface area contributed by atoms with E-state index in [9.17, 15) is 9.59 Å². The zero-order valence-corrected chi connectivity index (χ0v) is 16.4. The fraction of sp³-hybridized carbons (Fsp3) is 0.238. The van der Waals surface area contributed by atoms with Gasteiger partial charge in [0.05, 0.1) is 19.9 Å². The summed E-state index contributed by atoms with van der Waals surface area (Å²) in [5, 5.41) is 4.70. The van der Waals surface area contributed by atoms with Crippen LogP contribution in [0.1, 0.15) is 27.4 Å². The van der Waals surface area contributed by atoms with Crippen molar-refractivity contribution in [2.24, 2.45) is 0 Å². The Morgan fingerprint density at radius 2 is 1.96 bits per heavy atom. The Morgan fingerprint density at radius 1 is 1.11 bits per heavy atom. The highest BCUT2D eigenvalue weighted by Crippen LogP contribution is 2.22. The highest BCUT2D eigenvalue weighted by atomic mass is 32.1. The molecule has 0 bridgehead atoms. The molecule has 6 nitrogen and oxygen atoms in total. The minimum absolute atomic E-state index is 0.0425. The van der Waals surface area contributed by atoms with Crippen LogP contribution in [0, 0.1) is 0 Å². The highest BCUT2D eigenvalue weighted by molar-refractivity contribution is 7.09. The number of rotatable bonds is 9. The van der Waals surface area contributed by atoms with Gasteiger partial charge in [0.25, 0.3) is 5.91 Å². The number of benzene rings is 1. The van der Waals surface area contributed by atoms with Crippen molar-refractivity contribution in [3.05, 3.63) is 76.4 Å². The third-order valence-electron chi connectivity index (χ3n) is 4.20. The van der Waals surface area contributed by atoms with Gasteiger partial charge in [-0.2, -0.15) is 0 Å². The number of furan rings is 1. The van der Waals surface area contributed by atoms with Crippen molar-refractivity contribution in [1.82, 2.24) is 10.2 Å². The molecule has 0 fully saturated rings. The quantitative estimate of drug-likeness (QED) is 0.597. The van der Waals surface area contributed by atoms with Gasteiger partial charge < -0.3 is 19.4 Å². The molecule has 0 saturated heterocycles. The predicted molar refractivity (Wildman–Crippen MR) is 107 cm³/mol. The monoisotopic (exact) mass is 398 g/mol. The van der Waals surface area contributed by atoms with Gasteiger partial charge >= 0.3 is 0 Å². The van der Waals surface area contributed by atoms with Gasteiger partial charge in [0.15, 0.2) is 5.76 Å². The van der Waals surface area contributed by atoms with Crippen LogP contribution < -0.4 is 10.1 Å². The van der Waals surface area contributed by atoms with E-state index >= 15 is 0 Å². The number of para-hydroxylation sites is 1. The summed E-state index contributed by atoms with van der Waals surface area (Å²) in [7, 11) is 1.62. The van der Waals surface area contributed by atoms with E-state index in [1.54, 1.807) is 35.5 Å². The van der Waals surface area contributed by atoms with Crippen LogP contribution in [0.3, 0.4) is 0 Å². The summed E-state index contributed by atoms with van der Waals surface area (Å²) in [5.74, 6) is 0.612. The number of nitrogens with one attached hydrogen (secondary N) is 1. The number of hydrogen-bond acceptors (Lipinski definition) is 5. The summed E-state index contributed by atoms with van der Waals surface area (Å²) >= 11 is 1.61. The molecule has 2 aromatic heterocycles. The highest BCUT2D eigenvalue weighted by Gasteiger charge is 2.17. The van der Waals surface area contributed by atoms with Gasteiger partial charge in [0.1, 0.15) is 5.75 Å². The van der Waals surface area contributed by atoms with Crippen LogP contribution in [0.25, 0.3) is 0 Å². The first kappa shape index (κ1) is 19.7. The lowest BCUT2D eigenvalue weighted by Crippen LogP contribution is -2.33. The summed E-state index contributed by atoms with van der Waals surface area (Å²) in [6.45, 7) is 1.19. The summed E-state index contributed by atoms with van der Waals surface area (Å²) in [5.41, 5.74) is 0.939. The lowest BCUT2D eigenvalue weighted by Gasteiger charge is -2.23. The van der Waals surface area contributed by atoms with E-state index in [1.807, 2.05) is 41.8 Å². The fourth-order valence-corrected chi connectivity index (χ4v) is 3.52. The SMILES string of the molecule is COc1ccccc1CN(Cc1cccs1)C(=O)CCNC(=O)c1ccco1. The second-order valence-corrected chi connectivity index (χ2v) is 7.16. The van der Waals surface area contributed by atoms with Crippen molar-refractivity contribution in [2.75, 3.05) is 13.7 Å². The van der Waals surface area contributed by atoms with Crippen LogP contribution in [-0.2, 0) is 17.9 Å². The molecule has 28 heavy (non-hydrogen) atoms. The zero-order chi connectivity index (χ0) is 19.8. The summed E-state index contributed by atoms with van der Waals surface area (Å²) < 4.78 is 10.5. The molecule has 146 valence electrons. The van der Waals surface area contributed by atoms with Crippen molar-refractivity contribution in [3.63, 3.8) is 0 Å². The van der Waals surface area contributed by atoms with Gasteiger partial charge in [-0.25, -0.2) is 0 Å². The number of methoxy groups -OCH3 is 1. The molecule has 0 spiro atoms. The first-order valence-corrected chi connectivity index (χ1v) is 9.79. The summed E-state index contributed by atoms with van der Waals surface area (Å²) in [6, 6.07) is 14.9. The van der Waals surface area contributed by atoms with Crippen molar-refractivity contribution in [1.29, 1.82) is 0 Å². The predicted octanol–water partition coefficient (Wildman–Crippen LogP) is 3.70. The maximum absolute atomic E-state index is 12.9. The van der Waals surface area contributed by atoms with E-state index in [0.717, 1.165) is 16.2 Å². The van der Waals surface area contributed by atoms with E-state index in [2.05, 4.69) is 5.32 Å². The Balaban J connectivity index is 1.63. The fourth-order valence-electron chi connectivity index (χ4n) is 2.80. The Morgan fingerprint density at radius 3 is 2.68 bits per heavy atom. The van der Waals surface area contributed by atoms with Crippen molar-refractivity contribution < 1.29 is 18.7 Å². The number of ether oxygens (including phenoxy) is 1. The number of hydrogen-bond donors (Lipinski definition) is 1. The molecule has 0 atom stereocenters. The van der Waals surface area contributed by atoms with Gasteiger partial charge in [-0.05, 0) is 29.6 Å². The Bertz CT molecular complexity index is 891. The molecule has 3 rings (SSSR count). The van der Waals surface area contributed by atoms with E-state index in [4.69, 9.17) is 9.15 Å². The lowest BCUT2D eigenvalue weighted by atomic mass is 10.1. The van der Waals surface area contributed by atoms with Crippen molar-refractivity contribution >= 4 is 23.2 Å². The molecule has 2 amide bonds. The van der Waals surface area contributed by atoms with Gasteiger partial charge in [0, 0.05) is 30.0 Å². The molecular formula is C21H22N2O4S. The summed E-state index contributed by atoms with van der Waals surface area (Å²) in [6.07, 6.45) is 1.64. The molecule has 0 aliphatic carbocycles. The molecule has 7 heteroatoms. The standard InChI is InChI=1S/C21H22N2O4S/c1-26-18-8-3-2-6-16(18)14-23(15-17-7-5-13-28-17)20(24)10-11-22-21(25)19-9-4-12-27-19/h2-9,12-13H,10-11,14-15H2,1H3,(H,22,25). The number of thiophene rings is 1. The normalized spacial score (nSPS) is 10.5. The van der Waals surface area contributed by atoms with E-state index in [0.29, 0.717) is 13.1 Å². The second kappa shape index (κ2) is 9.75. The third-order valence-corrected chi connectivity index (χ3v) is 5.06. The van der Waals surface area contributed by atoms with Crippen molar-refractivity contribution in [2.45, 2.75) is 19.5 Å². The molecule has 1 N–H and O–H groups in total. The maximum Gasteiger partial charge on any atom is 0.286 e. The minimum Gasteiger partial charge on any atom is -0.496 e. The number of carbonyl (C=O) groups excluding carboxylic acids is 2. The smallest absolute Gasteiger partial charge is 0.286 e. The van der Waals surface area contributed by atoms with Gasteiger partial charge in [0.2, 0.25) is 5.91 Å². The Hall–Kier alpha value is -3.06. The lowest BCUT2D eigenvalue weighted by molar-refractivity contribution is -0.132. The first-order chi connectivity index (χ1) is 13.7. The zero-order valence-electron chi connectivity index (χ0n) is 15.6. The van der Waals surface area contributed by atoms with Crippen LogP contribution in [0.5, 0.6) is 5.75 Å². The third kappa shape index (κ3) is 5.23. The molecule has 1 aromatic carbocycles. The van der Waals surface area contributed by atoms with Gasteiger partial charge in [-0.15, -0.1) is 11.3 Å². The summed E-state index contributed by atoms with van der Waals surface area (Å²) in [4.78, 5) is 27.7. The van der Waals surface area contributed by atoms with Crippen LogP contribution in [0.2, 0.25) is 0 Å². The maximum atomic E-state index is 12.9. The molecule has 0 radical (unpaired) electrons. The number of nitrogens with zero attached hydrogens (tertiary/aromatic N) is 1. The Labute approximate surface area is 167 Å². The Kier molecular flexibility index (Phi) is 6.86. The van der Waals surface area contributed by atoms with E-state index in [1.165, 1.54) is 6.26 Å². The molecule has 0 aliphatic rings. The topological polar surface area (TPSA) is 71.8 Å². The molecule has 0 unspecified atom stereocenters. The van der Waals surface area contributed by atoms with Gasteiger partial charge in [-0.3, -0.25) is 9.59 Å². The minimum atomic E-state index is -0.327. The first-order valence-electron chi connectivity index (χ1n) is 8.91. The molecular weight excluding hydrogens is 376 g/mol. The van der Waals surface area contributed by atoms with Gasteiger partial charge in [-0.1, -0.05) is 24.3 Å². The average molecular weight is 398 g/mol. The average Bonchev–Trinajstić information content (AvgIpc) is 3.42. The largest absolute Gasteiger partial charge is 0.496 e. The van der Waals surface area contributed by atoms with Crippen LogP contribution in [0.4, 0.5) is 0 Å². The van der Waals surface area contributed by atoms with E-state index in [-0.39, 0.29) is 30.5 Å². The van der Waals surface area contributed by atoms with Crippen LogP contribution in [-0.4, -0.2) is 30.4 Å². The molecule has 3 aromatic rings. The number of amides is 2. The van der Waals surface area contributed by atoms with Crippen LogP contribution >= 0.6 is 11.3 Å². The number of carbonyl (C=O) groups is 2. The molecule has 0 saturated carbocycles. The molecule has 2 heterocycles. The second-order valence-electron chi connectivity index (χ2n) is 6.12. The van der Waals surface area contributed by atoms with Crippen molar-refractivity contribution in [3.8, 4) is 5.75 Å². The van der Waals surface area contributed by atoms with E-state index < -0.39 is 0 Å².